The second kappa shape index (κ2) is 11.9. The van der Waals surface area contributed by atoms with Gasteiger partial charge in [-0.2, -0.15) is 13.2 Å². The van der Waals surface area contributed by atoms with Gasteiger partial charge >= 0.3 is 12.1 Å². The van der Waals surface area contributed by atoms with Crippen LogP contribution in [0.1, 0.15) is 57.2 Å². The van der Waals surface area contributed by atoms with Crippen LogP contribution in [0.25, 0.3) is 11.1 Å². The Balaban J connectivity index is 1.87. The molecule has 37 heavy (non-hydrogen) atoms. The topological polar surface area (TPSA) is 64.6 Å². The molecule has 0 aliphatic rings. The Bertz CT molecular complexity index is 1290. The number of ether oxygens (including phenoxy) is 2. The molecule has 3 aromatic carbocycles. The number of carbonyl (C=O) groups excluding carboxylic acids is 2. The molecular formula is C28H27F4NO4. The van der Waals surface area contributed by atoms with Gasteiger partial charge in [0.25, 0.3) is 5.91 Å². The Kier molecular flexibility index (Phi) is 8.91. The monoisotopic (exact) mass is 517 g/mol. The average Bonchev–Trinajstić information content (AvgIpc) is 2.86. The predicted molar refractivity (Wildman–Crippen MR) is 131 cm³/mol. The minimum Gasteiger partial charge on any atom is -0.493 e. The van der Waals surface area contributed by atoms with Crippen LogP contribution in [-0.2, 0) is 17.5 Å². The van der Waals surface area contributed by atoms with Crippen molar-refractivity contribution in [3.63, 3.8) is 0 Å². The normalized spacial score (nSPS) is 11.2. The summed E-state index contributed by atoms with van der Waals surface area (Å²) in [4.78, 5) is 24.4. The highest BCUT2D eigenvalue weighted by molar-refractivity contribution is 5.94. The van der Waals surface area contributed by atoms with Crippen molar-refractivity contribution < 1.29 is 36.6 Å². The van der Waals surface area contributed by atoms with Crippen molar-refractivity contribution in [1.29, 1.82) is 0 Å². The van der Waals surface area contributed by atoms with E-state index < -0.39 is 35.0 Å². The predicted octanol–water partition coefficient (Wildman–Crippen LogP) is 6.72. The van der Waals surface area contributed by atoms with Crippen LogP contribution in [0.5, 0.6) is 5.75 Å². The van der Waals surface area contributed by atoms with E-state index in [0.717, 1.165) is 35.6 Å². The van der Waals surface area contributed by atoms with E-state index >= 15 is 0 Å². The Labute approximate surface area is 212 Å². The molecular weight excluding hydrogens is 490 g/mol. The first-order valence-electron chi connectivity index (χ1n) is 11.6. The van der Waals surface area contributed by atoms with Crippen molar-refractivity contribution >= 4 is 11.9 Å². The second-order valence-corrected chi connectivity index (χ2v) is 8.42. The van der Waals surface area contributed by atoms with Crippen LogP contribution in [0, 0.1) is 12.7 Å². The van der Waals surface area contributed by atoms with E-state index in [1.807, 2.05) is 26.0 Å². The molecule has 0 spiro atoms. The van der Waals surface area contributed by atoms with Crippen LogP contribution >= 0.6 is 0 Å². The molecule has 5 nitrogen and oxygen atoms in total. The van der Waals surface area contributed by atoms with Crippen molar-refractivity contribution in [1.82, 2.24) is 5.32 Å². The fourth-order valence-electron chi connectivity index (χ4n) is 3.73. The number of hydrogen-bond donors (Lipinski definition) is 1. The van der Waals surface area contributed by atoms with E-state index in [-0.39, 0.29) is 6.54 Å². The van der Waals surface area contributed by atoms with Gasteiger partial charge in [-0.15, -0.1) is 0 Å². The maximum Gasteiger partial charge on any atom is 0.416 e. The third kappa shape index (κ3) is 6.87. The van der Waals surface area contributed by atoms with E-state index in [4.69, 9.17) is 9.47 Å². The van der Waals surface area contributed by atoms with E-state index in [2.05, 4.69) is 5.32 Å². The molecule has 0 saturated heterocycles. The molecule has 1 amide bonds. The number of amides is 1. The van der Waals surface area contributed by atoms with Crippen LogP contribution < -0.4 is 10.1 Å². The molecule has 0 unspecified atom stereocenters. The fraction of sp³-hybridized carbons (Fsp3) is 0.286. The molecule has 0 aliphatic heterocycles. The number of nitrogens with one attached hydrogen (secondary N) is 1. The lowest BCUT2D eigenvalue weighted by Gasteiger charge is -2.16. The maximum absolute atomic E-state index is 14.3. The molecule has 1 N–H and O–H groups in total. The first-order chi connectivity index (χ1) is 17.5. The molecule has 0 aliphatic carbocycles. The van der Waals surface area contributed by atoms with Gasteiger partial charge in [0.05, 0.1) is 30.4 Å². The SMILES string of the molecule is CCCCOc1ccc(-c2ccc(C(=O)OC)cc2C)cc1CNC(=O)c1ccc(C(F)(F)F)cc1F. The van der Waals surface area contributed by atoms with Crippen molar-refractivity contribution in [2.75, 3.05) is 13.7 Å². The zero-order valence-electron chi connectivity index (χ0n) is 20.7. The highest BCUT2D eigenvalue weighted by Gasteiger charge is 2.31. The highest BCUT2D eigenvalue weighted by Crippen LogP contribution is 2.31. The number of esters is 1. The summed E-state index contributed by atoms with van der Waals surface area (Å²) in [6.07, 6.45) is -2.98. The quantitative estimate of drug-likeness (QED) is 0.195. The first-order valence-corrected chi connectivity index (χ1v) is 11.6. The van der Waals surface area contributed by atoms with Gasteiger partial charge in [-0.3, -0.25) is 4.79 Å². The summed E-state index contributed by atoms with van der Waals surface area (Å²) in [5, 5.41) is 2.57. The number of rotatable bonds is 9. The molecule has 9 heteroatoms. The van der Waals surface area contributed by atoms with Gasteiger partial charge in [0.15, 0.2) is 0 Å². The Hall–Kier alpha value is -3.88. The molecule has 196 valence electrons. The van der Waals surface area contributed by atoms with Gasteiger partial charge in [0.1, 0.15) is 11.6 Å². The number of unbranched alkanes of at least 4 members (excludes halogenated alkanes) is 1. The fourth-order valence-corrected chi connectivity index (χ4v) is 3.73. The minimum atomic E-state index is -4.71. The Morgan fingerprint density at radius 3 is 2.38 bits per heavy atom. The molecule has 0 heterocycles. The minimum absolute atomic E-state index is 0.0477. The summed E-state index contributed by atoms with van der Waals surface area (Å²) >= 11 is 0. The lowest BCUT2D eigenvalue weighted by atomic mass is 9.96. The molecule has 0 atom stereocenters. The molecule has 0 aromatic heterocycles. The number of halogens is 4. The number of aryl methyl sites for hydroxylation is 1. The van der Waals surface area contributed by atoms with Gasteiger partial charge in [0, 0.05) is 12.1 Å². The molecule has 0 fully saturated rings. The van der Waals surface area contributed by atoms with Crippen LogP contribution in [0.2, 0.25) is 0 Å². The first kappa shape index (κ1) is 27.7. The smallest absolute Gasteiger partial charge is 0.416 e. The van der Waals surface area contributed by atoms with Crippen molar-refractivity contribution in [2.24, 2.45) is 0 Å². The standard InChI is InChI=1S/C28H27F4NO4/c1-4-5-12-37-25-11-7-18(22-9-6-19(13-17(22)2)27(35)36-3)14-20(25)16-33-26(34)23-10-8-21(15-24(23)29)28(30,31)32/h6-11,13-15H,4-5,12,16H2,1-3H3,(H,33,34). The van der Waals surface area contributed by atoms with E-state index in [1.54, 1.807) is 24.3 Å². The molecule has 0 radical (unpaired) electrons. The van der Waals surface area contributed by atoms with Crippen LogP contribution in [0.3, 0.4) is 0 Å². The summed E-state index contributed by atoms with van der Waals surface area (Å²) in [6.45, 7) is 4.28. The summed E-state index contributed by atoms with van der Waals surface area (Å²) in [5.74, 6) is -2.04. The van der Waals surface area contributed by atoms with E-state index in [1.165, 1.54) is 7.11 Å². The van der Waals surface area contributed by atoms with Crippen molar-refractivity contribution in [3.05, 3.63) is 88.2 Å². The van der Waals surface area contributed by atoms with Crippen molar-refractivity contribution in [3.8, 4) is 16.9 Å². The average molecular weight is 518 g/mol. The number of methoxy groups -OCH3 is 1. The van der Waals surface area contributed by atoms with Gasteiger partial charge in [-0.05, 0) is 72.5 Å². The van der Waals surface area contributed by atoms with Gasteiger partial charge in [-0.1, -0.05) is 25.5 Å². The highest BCUT2D eigenvalue weighted by atomic mass is 19.4. The van der Waals surface area contributed by atoms with E-state index in [0.29, 0.717) is 35.6 Å². The number of carbonyl (C=O) groups is 2. The molecule has 3 aromatic rings. The van der Waals surface area contributed by atoms with Crippen LogP contribution in [0.4, 0.5) is 17.6 Å². The van der Waals surface area contributed by atoms with Gasteiger partial charge < -0.3 is 14.8 Å². The summed E-state index contributed by atoms with van der Waals surface area (Å²) in [5.41, 5.74) is 1.81. The third-order valence-electron chi connectivity index (χ3n) is 5.75. The third-order valence-corrected chi connectivity index (χ3v) is 5.75. The van der Waals surface area contributed by atoms with E-state index in [9.17, 15) is 27.2 Å². The van der Waals surface area contributed by atoms with Gasteiger partial charge in [-0.25, -0.2) is 9.18 Å². The van der Waals surface area contributed by atoms with Crippen LogP contribution in [0.15, 0.2) is 54.6 Å². The lowest BCUT2D eigenvalue weighted by Crippen LogP contribution is -2.24. The number of benzene rings is 3. The molecule has 0 bridgehead atoms. The maximum atomic E-state index is 14.3. The zero-order chi connectivity index (χ0) is 27.2. The second-order valence-electron chi connectivity index (χ2n) is 8.42. The Morgan fingerprint density at radius 2 is 1.76 bits per heavy atom. The zero-order valence-corrected chi connectivity index (χ0v) is 20.7. The molecule has 3 rings (SSSR count). The molecule has 0 saturated carbocycles. The van der Waals surface area contributed by atoms with Gasteiger partial charge in [0.2, 0.25) is 0 Å². The summed E-state index contributed by atoms with van der Waals surface area (Å²) in [6, 6.07) is 12.3. The summed E-state index contributed by atoms with van der Waals surface area (Å²) in [7, 11) is 1.31. The number of hydrogen-bond acceptors (Lipinski definition) is 4. The lowest BCUT2D eigenvalue weighted by molar-refractivity contribution is -0.137. The number of alkyl halides is 3. The largest absolute Gasteiger partial charge is 0.493 e. The Morgan fingerprint density at radius 1 is 1.00 bits per heavy atom. The summed E-state index contributed by atoms with van der Waals surface area (Å²) < 4.78 is 63.4. The van der Waals surface area contributed by atoms with Crippen molar-refractivity contribution in [2.45, 2.75) is 39.4 Å². The van der Waals surface area contributed by atoms with Crippen LogP contribution in [-0.4, -0.2) is 25.6 Å².